The molecule has 130 valence electrons. The lowest BCUT2D eigenvalue weighted by molar-refractivity contribution is -0.142. The Kier molecular flexibility index (Phi) is 5.55. The predicted molar refractivity (Wildman–Crippen MR) is 77.7 cm³/mol. The van der Waals surface area contributed by atoms with E-state index in [1.807, 2.05) is 0 Å². The minimum atomic E-state index is -4.64. The van der Waals surface area contributed by atoms with Gasteiger partial charge in [-0.05, 0) is 37.1 Å². The van der Waals surface area contributed by atoms with Gasteiger partial charge in [-0.3, -0.25) is 9.48 Å². The van der Waals surface area contributed by atoms with Crippen LogP contribution in [0.4, 0.5) is 23.2 Å². The molecule has 2 N–H and O–H groups in total. The number of halogens is 4. The van der Waals surface area contributed by atoms with Gasteiger partial charge < -0.3 is 10.4 Å². The number of hydrogen-bond acceptors (Lipinski definition) is 3. The Bertz CT molecular complexity index is 696. The van der Waals surface area contributed by atoms with Crippen molar-refractivity contribution in [3.8, 4) is 0 Å². The van der Waals surface area contributed by atoms with Crippen molar-refractivity contribution in [3.63, 3.8) is 0 Å². The summed E-state index contributed by atoms with van der Waals surface area (Å²) in [6, 6.07) is 4.98. The summed E-state index contributed by atoms with van der Waals surface area (Å²) in [5.41, 5.74) is -0.818. The molecule has 0 spiro atoms. The van der Waals surface area contributed by atoms with Crippen molar-refractivity contribution in [2.45, 2.75) is 25.6 Å². The molecule has 1 aromatic heterocycles. The zero-order valence-electron chi connectivity index (χ0n) is 12.5. The fraction of sp³-hybridized carbons (Fsp3) is 0.333. The largest absolute Gasteiger partial charge is 0.435 e. The maximum absolute atomic E-state index is 12.9. The van der Waals surface area contributed by atoms with E-state index < -0.39 is 30.1 Å². The molecule has 0 fully saturated rings. The van der Waals surface area contributed by atoms with Crippen LogP contribution in [0.3, 0.4) is 0 Å². The number of rotatable bonds is 6. The summed E-state index contributed by atoms with van der Waals surface area (Å²) in [4.78, 5) is 11.9. The number of carbonyl (C=O) groups excluding carboxylic acids is 1. The van der Waals surface area contributed by atoms with Gasteiger partial charge in [0.25, 0.3) is 0 Å². The average molecular weight is 345 g/mol. The Morgan fingerprint density at radius 3 is 2.50 bits per heavy atom. The summed E-state index contributed by atoms with van der Waals surface area (Å²) in [7, 11) is 0. The van der Waals surface area contributed by atoms with Crippen LogP contribution in [0.15, 0.2) is 30.5 Å². The van der Waals surface area contributed by atoms with Gasteiger partial charge in [0.05, 0.1) is 0 Å². The maximum Gasteiger partial charge on any atom is 0.435 e. The third-order valence-electron chi connectivity index (χ3n) is 3.14. The number of nitrogens with zero attached hydrogens (tertiary/aromatic N) is 2. The fourth-order valence-electron chi connectivity index (χ4n) is 2.12. The summed E-state index contributed by atoms with van der Waals surface area (Å²) < 4.78 is 52.5. The second kappa shape index (κ2) is 7.43. The van der Waals surface area contributed by atoms with Gasteiger partial charge in [-0.25, -0.2) is 4.39 Å². The number of nitrogens with one attached hydrogen (secondary N) is 1. The molecule has 1 aromatic carbocycles. The highest BCUT2D eigenvalue weighted by Gasteiger charge is 2.37. The van der Waals surface area contributed by atoms with Crippen LogP contribution in [0.25, 0.3) is 0 Å². The summed E-state index contributed by atoms with van der Waals surface area (Å²) in [5.74, 6) is -1.06. The number of aliphatic hydroxyl groups is 1. The SMILES string of the molecule is O=C(Cn1cc(CCCO)c(C(F)(F)F)n1)Nc1ccc(F)cc1. The number of hydrogen-bond donors (Lipinski definition) is 2. The highest BCUT2D eigenvalue weighted by molar-refractivity contribution is 5.90. The van der Waals surface area contributed by atoms with E-state index >= 15 is 0 Å². The smallest absolute Gasteiger partial charge is 0.396 e. The third kappa shape index (κ3) is 4.79. The first-order chi connectivity index (χ1) is 11.3. The molecule has 1 heterocycles. The van der Waals surface area contributed by atoms with Crippen molar-refractivity contribution in [2.24, 2.45) is 0 Å². The molecule has 0 bridgehead atoms. The molecule has 0 saturated heterocycles. The molecule has 5 nitrogen and oxygen atoms in total. The van der Waals surface area contributed by atoms with Crippen molar-refractivity contribution in [3.05, 3.63) is 47.5 Å². The van der Waals surface area contributed by atoms with E-state index in [-0.39, 0.29) is 25.0 Å². The van der Waals surface area contributed by atoms with Crippen LogP contribution in [0.2, 0.25) is 0 Å². The molecular weight excluding hydrogens is 330 g/mol. The molecule has 0 radical (unpaired) electrons. The van der Waals surface area contributed by atoms with Crippen molar-refractivity contribution < 1.29 is 27.5 Å². The topological polar surface area (TPSA) is 67.2 Å². The molecule has 0 atom stereocenters. The van der Waals surface area contributed by atoms with Crippen LogP contribution in [-0.2, 0) is 23.9 Å². The lowest BCUT2D eigenvalue weighted by Crippen LogP contribution is -2.19. The number of aliphatic hydroxyl groups excluding tert-OH is 1. The van der Waals surface area contributed by atoms with Gasteiger partial charge in [0, 0.05) is 24.1 Å². The highest BCUT2D eigenvalue weighted by atomic mass is 19.4. The zero-order valence-corrected chi connectivity index (χ0v) is 12.5. The van der Waals surface area contributed by atoms with Gasteiger partial charge in [-0.15, -0.1) is 0 Å². The van der Waals surface area contributed by atoms with E-state index in [9.17, 15) is 22.4 Å². The first kappa shape index (κ1) is 17.9. The summed E-state index contributed by atoms with van der Waals surface area (Å²) >= 11 is 0. The molecule has 24 heavy (non-hydrogen) atoms. The van der Waals surface area contributed by atoms with Gasteiger partial charge in [0.15, 0.2) is 5.69 Å². The minimum absolute atomic E-state index is 0.00489. The summed E-state index contributed by atoms with van der Waals surface area (Å²) in [6.07, 6.45) is -3.33. The van der Waals surface area contributed by atoms with Crippen LogP contribution in [0.5, 0.6) is 0 Å². The Morgan fingerprint density at radius 2 is 1.92 bits per heavy atom. The first-order valence-corrected chi connectivity index (χ1v) is 7.09. The fourth-order valence-corrected chi connectivity index (χ4v) is 2.12. The van der Waals surface area contributed by atoms with E-state index in [0.717, 1.165) is 23.0 Å². The van der Waals surface area contributed by atoms with Gasteiger partial charge >= 0.3 is 6.18 Å². The number of benzene rings is 1. The normalized spacial score (nSPS) is 11.5. The van der Waals surface area contributed by atoms with Crippen LogP contribution in [0.1, 0.15) is 17.7 Å². The molecule has 1 amide bonds. The van der Waals surface area contributed by atoms with Gasteiger partial charge in [0.2, 0.25) is 5.91 Å². The molecule has 0 saturated carbocycles. The van der Waals surface area contributed by atoms with Gasteiger partial charge in [-0.2, -0.15) is 18.3 Å². The molecule has 2 rings (SSSR count). The zero-order chi connectivity index (χ0) is 17.7. The number of carbonyl (C=O) groups is 1. The van der Waals surface area contributed by atoms with Crippen LogP contribution in [0, 0.1) is 5.82 Å². The van der Waals surface area contributed by atoms with Gasteiger partial charge in [0.1, 0.15) is 12.4 Å². The van der Waals surface area contributed by atoms with Crippen LogP contribution in [-0.4, -0.2) is 27.4 Å². The molecule has 0 aliphatic heterocycles. The lowest BCUT2D eigenvalue weighted by atomic mass is 10.1. The Hall–Kier alpha value is -2.42. The number of alkyl halides is 3. The molecule has 0 aliphatic rings. The summed E-state index contributed by atoms with van der Waals surface area (Å²) in [6.45, 7) is -0.660. The molecule has 0 aliphatic carbocycles. The summed E-state index contributed by atoms with van der Waals surface area (Å²) in [5, 5.41) is 14.6. The quantitative estimate of drug-likeness (QED) is 0.791. The average Bonchev–Trinajstić information content (AvgIpc) is 2.90. The first-order valence-electron chi connectivity index (χ1n) is 7.09. The van der Waals surface area contributed by atoms with Crippen molar-refractivity contribution in [1.82, 2.24) is 9.78 Å². The monoisotopic (exact) mass is 345 g/mol. The van der Waals surface area contributed by atoms with E-state index in [0.29, 0.717) is 5.69 Å². The molecule has 2 aromatic rings. The Morgan fingerprint density at radius 1 is 1.25 bits per heavy atom. The van der Waals surface area contributed by atoms with Crippen molar-refractivity contribution in [1.29, 1.82) is 0 Å². The standard InChI is InChI=1S/C15H15F4N3O2/c16-11-3-5-12(6-4-11)20-13(24)9-22-8-10(2-1-7-23)14(21-22)15(17,18)19/h3-6,8,23H,1-2,7,9H2,(H,20,24). The predicted octanol–water partition coefficient (Wildman–Crippen LogP) is 2.60. The Balaban J connectivity index is 2.09. The van der Waals surface area contributed by atoms with Crippen LogP contribution >= 0.6 is 0 Å². The maximum atomic E-state index is 12.9. The second-order valence-corrected chi connectivity index (χ2v) is 5.08. The van der Waals surface area contributed by atoms with E-state index in [4.69, 9.17) is 5.11 Å². The number of amides is 1. The third-order valence-corrected chi connectivity index (χ3v) is 3.14. The highest BCUT2D eigenvalue weighted by Crippen LogP contribution is 2.31. The Labute approximate surface area is 134 Å². The van der Waals surface area contributed by atoms with Crippen LogP contribution < -0.4 is 5.32 Å². The van der Waals surface area contributed by atoms with Crippen molar-refractivity contribution in [2.75, 3.05) is 11.9 Å². The van der Waals surface area contributed by atoms with E-state index in [1.54, 1.807) is 0 Å². The number of aryl methyl sites for hydroxylation is 1. The van der Waals surface area contributed by atoms with Gasteiger partial charge in [-0.1, -0.05) is 0 Å². The van der Waals surface area contributed by atoms with E-state index in [1.165, 1.54) is 12.1 Å². The van der Waals surface area contributed by atoms with Crippen molar-refractivity contribution >= 4 is 11.6 Å². The molecule has 0 unspecified atom stereocenters. The number of aromatic nitrogens is 2. The number of anilines is 1. The lowest BCUT2D eigenvalue weighted by Gasteiger charge is -2.06. The minimum Gasteiger partial charge on any atom is -0.396 e. The molecular formula is C15H15F4N3O2. The second-order valence-electron chi connectivity index (χ2n) is 5.08. The van der Waals surface area contributed by atoms with E-state index in [2.05, 4.69) is 10.4 Å². The molecule has 9 heteroatoms.